The summed E-state index contributed by atoms with van der Waals surface area (Å²) in [7, 11) is 0. The van der Waals surface area contributed by atoms with Crippen LogP contribution in [0.5, 0.6) is 0 Å². The molecule has 0 bridgehead atoms. The average molecular weight is 694 g/mol. The molecule has 1 aliphatic heterocycles. The molecule has 2 atom stereocenters. The number of ether oxygens (including phenoxy) is 1. The molecule has 0 radical (unpaired) electrons. The van der Waals surface area contributed by atoms with Gasteiger partial charge in [-0.25, -0.2) is 4.79 Å². The summed E-state index contributed by atoms with van der Waals surface area (Å²) >= 11 is 6.52. The van der Waals surface area contributed by atoms with Crippen LogP contribution in [0.25, 0.3) is 0 Å². The zero-order valence-corrected chi connectivity index (χ0v) is 29.8. The van der Waals surface area contributed by atoms with E-state index < -0.39 is 6.04 Å². The van der Waals surface area contributed by atoms with Gasteiger partial charge in [0.1, 0.15) is 12.1 Å². The molecule has 0 N–H and O–H groups in total. The molecule has 2 aromatic heterocycles. The van der Waals surface area contributed by atoms with E-state index in [9.17, 15) is 9.59 Å². The number of carbonyl (C=O) groups is 2. The number of nitrogens with zero attached hydrogens (tertiary/aromatic N) is 5. The second-order valence-electron chi connectivity index (χ2n) is 14.2. The number of carbonyl (C=O) groups excluding carboxylic acids is 2. The highest BCUT2D eigenvalue weighted by Crippen LogP contribution is 2.38. The van der Waals surface area contributed by atoms with Crippen molar-refractivity contribution in [3.63, 3.8) is 0 Å². The Kier molecular flexibility index (Phi) is 10.9. The van der Waals surface area contributed by atoms with Crippen LogP contribution in [0.1, 0.15) is 78.1 Å². The molecular weight excluding hydrogens is 646 g/mol. The van der Waals surface area contributed by atoms with Gasteiger partial charge in [0, 0.05) is 62.9 Å². The monoisotopic (exact) mass is 693 g/mol. The van der Waals surface area contributed by atoms with Crippen LogP contribution >= 0.6 is 11.6 Å². The van der Waals surface area contributed by atoms with E-state index in [0.717, 1.165) is 67.8 Å². The summed E-state index contributed by atoms with van der Waals surface area (Å²) in [4.78, 5) is 40.0. The van der Waals surface area contributed by atoms with Crippen LogP contribution in [-0.2, 0) is 35.5 Å². The molecule has 1 saturated heterocycles. The fourth-order valence-corrected chi connectivity index (χ4v) is 8.23. The number of pyridine rings is 1. The Morgan fingerprint density at radius 2 is 1.78 bits per heavy atom. The predicted molar refractivity (Wildman–Crippen MR) is 196 cm³/mol. The third-order valence-electron chi connectivity index (χ3n) is 10.6. The van der Waals surface area contributed by atoms with Gasteiger partial charge in [-0.2, -0.15) is 0 Å². The maximum absolute atomic E-state index is 15.0. The van der Waals surface area contributed by atoms with Gasteiger partial charge in [-0.1, -0.05) is 60.5 Å². The zero-order valence-electron chi connectivity index (χ0n) is 29.1. The first-order chi connectivity index (χ1) is 24.4. The Morgan fingerprint density at radius 3 is 2.58 bits per heavy atom. The number of hydrogen-bond donors (Lipinski definition) is 0. The Labute approximate surface area is 301 Å². The van der Waals surface area contributed by atoms with Crippen molar-refractivity contribution in [3.8, 4) is 0 Å². The number of fused-ring (bicyclic) bond motifs is 2. The average Bonchev–Trinajstić information content (AvgIpc) is 3.48. The standard InChI is InChI=1S/C41H48ClN5O3/c1-30-19-23-44(27-30)21-9-22-46(28-31-10-4-2-5-11-31)40(48)37-29-45(24-25-47(37)41(49)50-35-13-6-3-7-14-35)39-36-18-17-34(42)26-33(36)16-15-32-12-8-20-43-38(32)39/h2,4-5,8,10-12,17-20,23,26-27,35,37,39H,3,6-7,9,13-16,21-22,24-25,28-29H2,1H3/t37-,39-/m1/s1. The molecule has 3 aliphatic rings. The topological polar surface area (TPSA) is 70.9 Å². The summed E-state index contributed by atoms with van der Waals surface area (Å²) < 4.78 is 8.32. The highest BCUT2D eigenvalue weighted by Gasteiger charge is 2.42. The van der Waals surface area contributed by atoms with Crippen molar-refractivity contribution in [1.82, 2.24) is 24.3 Å². The number of aryl methyl sites for hydroxylation is 4. The molecule has 3 heterocycles. The highest BCUT2D eigenvalue weighted by molar-refractivity contribution is 6.30. The molecule has 2 aliphatic carbocycles. The van der Waals surface area contributed by atoms with Crippen LogP contribution in [0.3, 0.4) is 0 Å². The van der Waals surface area contributed by atoms with Crippen molar-refractivity contribution in [2.45, 2.75) is 89.6 Å². The van der Waals surface area contributed by atoms with Crippen LogP contribution in [0.4, 0.5) is 4.79 Å². The Hall–Kier alpha value is -4.14. The van der Waals surface area contributed by atoms with Crippen molar-refractivity contribution in [2.24, 2.45) is 0 Å². The van der Waals surface area contributed by atoms with Crippen molar-refractivity contribution in [3.05, 3.63) is 124 Å². The summed E-state index contributed by atoms with van der Waals surface area (Å²) in [5.41, 5.74) is 6.87. The molecule has 0 spiro atoms. The third kappa shape index (κ3) is 7.92. The van der Waals surface area contributed by atoms with Gasteiger partial charge in [0.2, 0.25) is 5.91 Å². The van der Waals surface area contributed by atoms with Gasteiger partial charge in [0.05, 0.1) is 11.7 Å². The van der Waals surface area contributed by atoms with E-state index in [0.29, 0.717) is 32.7 Å². The van der Waals surface area contributed by atoms with Gasteiger partial charge in [-0.05, 0) is 104 Å². The van der Waals surface area contributed by atoms with Crippen molar-refractivity contribution < 1.29 is 14.3 Å². The van der Waals surface area contributed by atoms with E-state index in [1.807, 2.05) is 41.4 Å². The van der Waals surface area contributed by atoms with Crippen LogP contribution < -0.4 is 0 Å². The maximum atomic E-state index is 15.0. The molecule has 50 heavy (non-hydrogen) atoms. The summed E-state index contributed by atoms with van der Waals surface area (Å²) in [5.74, 6) is -0.0472. The van der Waals surface area contributed by atoms with E-state index in [2.05, 4.69) is 65.2 Å². The maximum Gasteiger partial charge on any atom is 0.410 e. The molecule has 2 aromatic carbocycles. The van der Waals surface area contributed by atoms with E-state index in [4.69, 9.17) is 21.3 Å². The largest absolute Gasteiger partial charge is 0.446 e. The number of hydrogen-bond acceptors (Lipinski definition) is 5. The zero-order chi connectivity index (χ0) is 34.5. The lowest BCUT2D eigenvalue weighted by Gasteiger charge is -2.45. The number of halogens is 1. The fourth-order valence-electron chi connectivity index (χ4n) is 8.04. The molecular formula is C41H48ClN5O3. The first-order valence-corrected chi connectivity index (χ1v) is 18.7. The predicted octanol–water partition coefficient (Wildman–Crippen LogP) is 7.61. The Morgan fingerprint density at radius 1 is 0.960 bits per heavy atom. The SMILES string of the molecule is Cc1ccn(CCCN(Cc2ccccc2)C(=O)[C@H]2CN([C@@H]3c4ccc(Cl)cc4CCc4cccnc43)CCN2C(=O)OC2CCCCC2)c1. The normalized spacial score (nSPS) is 19.7. The number of rotatable bonds is 9. The summed E-state index contributed by atoms with van der Waals surface area (Å²) in [6.45, 7) is 5.31. The van der Waals surface area contributed by atoms with Crippen molar-refractivity contribution in [2.75, 3.05) is 26.2 Å². The minimum atomic E-state index is -0.705. The van der Waals surface area contributed by atoms with Gasteiger partial charge >= 0.3 is 6.09 Å². The minimum absolute atomic E-state index is 0.0472. The van der Waals surface area contributed by atoms with Gasteiger partial charge in [-0.15, -0.1) is 0 Å². The van der Waals surface area contributed by atoms with Crippen molar-refractivity contribution >= 4 is 23.6 Å². The number of piperazine rings is 1. The molecule has 2 fully saturated rings. The quantitative estimate of drug-likeness (QED) is 0.181. The smallest absolute Gasteiger partial charge is 0.410 e. The Bertz CT molecular complexity index is 1770. The third-order valence-corrected chi connectivity index (χ3v) is 10.9. The lowest BCUT2D eigenvalue weighted by Crippen LogP contribution is -2.62. The lowest BCUT2D eigenvalue weighted by atomic mass is 9.95. The molecule has 2 amide bonds. The molecule has 9 heteroatoms. The van der Waals surface area contributed by atoms with Gasteiger partial charge in [-0.3, -0.25) is 19.6 Å². The first-order valence-electron chi connectivity index (χ1n) is 18.3. The van der Waals surface area contributed by atoms with E-state index in [-0.39, 0.29) is 24.1 Å². The summed E-state index contributed by atoms with van der Waals surface area (Å²) in [6, 6.07) is 21.7. The summed E-state index contributed by atoms with van der Waals surface area (Å²) in [6.07, 6.45) is 13.2. The van der Waals surface area contributed by atoms with Crippen molar-refractivity contribution in [1.29, 1.82) is 0 Å². The number of amides is 2. The molecule has 7 rings (SSSR count). The van der Waals surface area contributed by atoms with Gasteiger partial charge < -0.3 is 14.2 Å². The van der Waals surface area contributed by atoms with Crippen LogP contribution in [-0.4, -0.2) is 74.6 Å². The van der Waals surface area contributed by atoms with E-state index >= 15 is 0 Å². The Balaban J connectivity index is 1.21. The highest BCUT2D eigenvalue weighted by atomic mass is 35.5. The van der Waals surface area contributed by atoms with Gasteiger partial charge in [0.25, 0.3) is 0 Å². The van der Waals surface area contributed by atoms with Crippen LogP contribution in [0.2, 0.25) is 5.02 Å². The second kappa shape index (κ2) is 15.8. The van der Waals surface area contributed by atoms with E-state index in [1.54, 1.807) is 4.90 Å². The lowest BCUT2D eigenvalue weighted by molar-refractivity contribution is -0.140. The fraction of sp³-hybridized carbons (Fsp3) is 0.439. The van der Waals surface area contributed by atoms with E-state index in [1.165, 1.54) is 28.7 Å². The number of benzene rings is 2. The molecule has 1 saturated carbocycles. The second-order valence-corrected chi connectivity index (χ2v) is 14.6. The van der Waals surface area contributed by atoms with Crippen LogP contribution in [0.15, 0.2) is 85.3 Å². The molecule has 8 nitrogen and oxygen atoms in total. The minimum Gasteiger partial charge on any atom is -0.446 e. The molecule has 4 aromatic rings. The van der Waals surface area contributed by atoms with Crippen LogP contribution in [0, 0.1) is 6.92 Å². The van der Waals surface area contributed by atoms with Gasteiger partial charge in [0.15, 0.2) is 0 Å². The molecule has 0 unspecified atom stereocenters. The summed E-state index contributed by atoms with van der Waals surface area (Å²) in [5, 5.41) is 0.719. The molecule has 262 valence electrons. The number of aromatic nitrogens is 2. The first kappa shape index (κ1) is 34.3.